The van der Waals surface area contributed by atoms with Gasteiger partial charge in [-0.3, -0.25) is 4.79 Å². The molecule has 5 nitrogen and oxygen atoms in total. The van der Waals surface area contributed by atoms with Crippen molar-refractivity contribution in [2.75, 3.05) is 20.2 Å². The molecule has 0 unspecified atom stereocenters. The van der Waals surface area contributed by atoms with Gasteiger partial charge in [-0.25, -0.2) is 4.79 Å². The molecule has 0 bridgehead atoms. The second kappa shape index (κ2) is 5.59. The second-order valence-electron chi connectivity index (χ2n) is 5.51. The summed E-state index contributed by atoms with van der Waals surface area (Å²) in [6.07, 6.45) is 3.32. The van der Waals surface area contributed by atoms with Crippen molar-refractivity contribution in [1.82, 2.24) is 10.2 Å². The van der Waals surface area contributed by atoms with Gasteiger partial charge in [0.1, 0.15) is 0 Å². The fourth-order valence-corrected chi connectivity index (χ4v) is 2.65. The van der Waals surface area contributed by atoms with Crippen molar-refractivity contribution in [3.05, 3.63) is 0 Å². The Balaban J connectivity index is 1.71. The van der Waals surface area contributed by atoms with Gasteiger partial charge in [0.25, 0.3) is 0 Å². The smallest absolute Gasteiger partial charge is 0.407 e. The molecule has 0 aromatic heterocycles. The number of hydrogen-bond acceptors (Lipinski definition) is 3. The summed E-state index contributed by atoms with van der Waals surface area (Å²) in [4.78, 5) is 25.2. The summed E-state index contributed by atoms with van der Waals surface area (Å²) in [6.45, 7) is 4.03. The summed E-state index contributed by atoms with van der Waals surface area (Å²) in [6, 6.07) is 0.107. The normalized spacial score (nSPS) is 28.4. The van der Waals surface area contributed by atoms with Crippen LogP contribution in [0.1, 0.15) is 32.6 Å². The van der Waals surface area contributed by atoms with E-state index in [2.05, 4.69) is 17.0 Å². The van der Waals surface area contributed by atoms with E-state index >= 15 is 0 Å². The molecular formula is C13H22N2O3. The maximum Gasteiger partial charge on any atom is 0.407 e. The van der Waals surface area contributed by atoms with Gasteiger partial charge in [-0.2, -0.15) is 0 Å². The standard InChI is InChI=1S/C13H22N2O3/c1-9-3-5-15(6-4-9)12(16)10-7-11(8-10)14-13(17)18-2/h9-11H,3-8H2,1-2H3,(H,14,17). The number of carbonyl (C=O) groups is 2. The Morgan fingerprint density at radius 1 is 1.22 bits per heavy atom. The van der Waals surface area contributed by atoms with Crippen LogP contribution in [0.3, 0.4) is 0 Å². The third kappa shape index (κ3) is 2.94. The van der Waals surface area contributed by atoms with E-state index in [0.29, 0.717) is 0 Å². The summed E-state index contributed by atoms with van der Waals surface area (Å²) in [5.74, 6) is 1.11. The fourth-order valence-electron chi connectivity index (χ4n) is 2.65. The zero-order valence-corrected chi connectivity index (χ0v) is 11.1. The van der Waals surface area contributed by atoms with E-state index in [1.165, 1.54) is 7.11 Å². The van der Waals surface area contributed by atoms with Crippen molar-refractivity contribution >= 4 is 12.0 Å². The number of ether oxygens (including phenoxy) is 1. The minimum absolute atomic E-state index is 0.0977. The number of nitrogens with one attached hydrogen (secondary N) is 1. The summed E-state index contributed by atoms with van der Waals surface area (Å²) in [5.41, 5.74) is 0. The number of amides is 2. The maximum absolute atomic E-state index is 12.2. The highest BCUT2D eigenvalue weighted by Gasteiger charge is 2.38. The van der Waals surface area contributed by atoms with E-state index in [9.17, 15) is 9.59 Å². The Bertz CT molecular complexity index is 318. The van der Waals surface area contributed by atoms with Crippen molar-refractivity contribution in [3.8, 4) is 0 Å². The van der Waals surface area contributed by atoms with Gasteiger partial charge < -0.3 is 15.0 Å². The van der Waals surface area contributed by atoms with Crippen LogP contribution in [0.2, 0.25) is 0 Å². The molecule has 1 N–H and O–H groups in total. The predicted octanol–water partition coefficient (Wildman–Crippen LogP) is 1.38. The first-order valence-corrected chi connectivity index (χ1v) is 6.73. The molecule has 102 valence electrons. The van der Waals surface area contributed by atoms with Gasteiger partial charge in [0.05, 0.1) is 7.11 Å². The number of alkyl carbamates (subject to hydrolysis) is 1. The third-order valence-electron chi connectivity index (χ3n) is 4.09. The van der Waals surface area contributed by atoms with Crippen LogP contribution in [0.5, 0.6) is 0 Å². The molecule has 1 heterocycles. The first-order chi connectivity index (χ1) is 8.60. The quantitative estimate of drug-likeness (QED) is 0.810. The molecule has 18 heavy (non-hydrogen) atoms. The van der Waals surface area contributed by atoms with Crippen LogP contribution in [0.25, 0.3) is 0 Å². The van der Waals surface area contributed by atoms with Crippen LogP contribution < -0.4 is 5.32 Å². The summed E-state index contributed by atoms with van der Waals surface area (Å²) in [7, 11) is 1.35. The van der Waals surface area contributed by atoms with Crippen molar-refractivity contribution in [2.24, 2.45) is 11.8 Å². The monoisotopic (exact) mass is 254 g/mol. The summed E-state index contributed by atoms with van der Waals surface area (Å²) >= 11 is 0. The molecule has 0 spiro atoms. The summed E-state index contributed by atoms with van der Waals surface area (Å²) < 4.78 is 4.54. The first kappa shape index (κ1) is 13.2. The predicted molar refractivity (Wildman–Crippen MR) is 67.0 cm³/mol. The lowest BCUT2D eigenvalue weighted by Gasteiger charge is -2.39. The zero-order valence-electron chi connectivity index (χ0n) is 11.1. The van der Waals surface area contributed by atoms with Crippen molar-refractivity contribution in [3.63, 3.8) is 0 Å². The van der Waals surface area contributed by atoms with Crippen LogP contribution in [-0.4, -0.2) is 43.1 Å². The number of hydrogen-bond donors (Lipinski definition) is 1. The number of carbonyl (C=O) groups excluding carboxylic acids is 2. The van der Waals surface area contributed by atoms with Crippen LogP contribution >= 0.6 is 0 Å². The molecule has 1 saturated carbocycles. The van der Waals surface area contributed by atoms with Gasteiger partial charge >= 0.3 is 6.09 Å². The Hall–Kier alpha value is -1.26. The molecular weight excluding hydrogens is 232 g/mol. The third-order valence-corrected chi connectivity index (χ3v) is 4.09. The van der Waals surface area contributed by atoms with Crippen molar-refractivity contribution in [2.45, 2.75) is 38.6 Å². The van der Waals surface area contributed by atoms with E-state index in [-0.39, 0.29) is 17.9 Å². The van der Waals surface area contributed by atoms with Gasteiger partial charge in [-0.15, -0.1) is 0 Å². The molecule has 2 fully saturated rings. The number of likely N-dealkylation sites (tertiary alicyclic amines) is 1. The molecule has 2 aliphatic rings. The Morgan fingerprint density at radius 3 is 2.39 bits per heavy atom. The topological polar surface area (TPSA) is 58.6 Å². The lowest BCUT2D eigenvalue weighted by atomic mass is 9.79. The number of methoxy groups -OCH3 is 1. The maximum atomic E-state index is 12.2. The van der Waals surface area contributed by atoms with Gasteiger partial charge in [-0.05, 0) is 31.6 Å². The molecule has 2 amide bonds. The van der Waals surface area contributed by atoms with Gasteiger partial charge in [0.15, 0.2) is 0 Å². The fraction of sp³-hybridized carbons (Fsp3) is 0.846. The highest BCUT2D eigenvalue weighted by atomic mass is 16.5. The molecule has 0 atom stereocenters. The highest BCUT2D eigenvalue weighted by molar-refractivity contribution is 5.80. The minimum atomic E-state index is -0.405. The van der Waals surface area contributed by atoms with Gasteiger partial charge in [0.2, 0.25) is 5.91 Å². The number of nitrogens with zero attached hydrogens (tertiary/aromatic N) is 1. The molecule has 0 aromatic rings. The van der Waals surface area contributed by atoms with Gasteiger partial charge in [-0.1, -0.05) is 6.92 Å². The molecule has 1 aliphatic carbocycles. The van der Waals surface area contributed by atoms with Crippen molar-refractivity contribution < 1.29 is 14.3 Å². The average molecular weight is 254 g/mol. The molecule has 1 aliphatic heterocycles. The second-order valence-corrected chi connectivity index (χ2v) is 5.51. The van der Waals surface area contributed by atoms with E-state index in [1.54, 1.807) is 0 Å². The Labute approximate surface area is 108 Å². The first-order valence-electron chi connectivity index (χ1n) is 6.73. The lowest BCUT2D eigenvalue weighted by Crippen LogP contribution is -2.51. The average Bonchev–Trinajstić information content (AvgIpc) is 2.33. The van der Waals surface area contributed by atoms with E-state index < -0.39 is 6.09 Å². The number of rotatable bonds is 2. The largest absolute Gasteiger partial charge is 0.453 e. The molecule has 2 rings (SSSR count). The molecule has 0 aromatic carbocycles. The summed E-state index contributed by atoms with van der Waals surface area (Å²) in [5, 5.41) is 2.73. The van der Waals surface area contributed by atoms with Crippen LogP contribution in [0.4, 0.5) is 4.79 Å². The van der Waals surface area contributed by atoms with Crippen LogP contribution in [-0.2, 0) is 9.53 Å². The van der Waals surface area contributed by atoms with E-state index in [1.807, 2.05) is 4.90 Å². The lowest BCUT2D eigenvalue weighted by molar-refractivity contribution is -0.140. The SMILES string of the molecule is COC(=O)NC1CC(C(=O)N2CCC(C)CC2)C1. The highest BCUT2D eigenvalue weighted by Crippen LogP contribution is 2.30. The molecule has 0 radical (unpaired) electrons. The Kier molecular flexibility index (Phi) is 4.09. The van der Waals surface area contributed by atoms with Gasteiger partial charge in [0, 0.05) is 25.0 Å². The molecule has 5 heteroatoms. The van der Waals surface area contributed by atoms with Crippen LogP contribution in [0, 0.1) is 11.8 Å². The minimum Gasteiger partial charge on any atom is -0.453 e. The van der Waals surface area contributed by atoms with Crippen molar-refractivity contribution in [1.29, 1.82) is 0 Å². The Morgan fingerprint density at radius 2 is 1.83 bits per heavy atom. The van der Waals surface area contributed by atoms with E-state index in [0.717, 1.165) is 44.7 Å². The zero-order chi connectivity index (χ0) is 13.1. The van der Waals surface area contributed by atoms with E-state index in [4.69, 9.17) is 0 Å². The van der Waals surface area contributed by atoms with Crippen LogP contribution in [0.15, 0.2) is 0 Å². The number of piperidine rings is 1. The molecule has 1 saturated heterocycles.